The number of nitrogens with one attached hydrogen (secondary N) is 1. The maximum atomic E-state index is 12.1. The minimum absolute atomic E-state index is 0.0709. The van der Waals surface area contributed by atoms with E-state index in [0.717, 1.165) is 5.56 Å². The molecule has 0 fully saturated rings. The summed E-state index contributed by atoms with van der Waals surface area (Å²) in [4.78, 5) is 38.3. The average Bonchev–Trinajstić information content (AvgIpc) is 2.48. The molecular weight excluding hydrogens is 298 g/mol. The predicted octanol–water partition coefficient (Wildman–Crippen LogP) is 0.740. The Kier molecular flexibility index (Phi) is 6.71. The second-order valence-electron chi connectivity index (χ2n) is 5.53. The molecule has 23 heavy (non-hydrogen) atoms. The Hall–Kier alpha value is -2.41. The number of esters is 1. The van der Waals surface area contributed by atoms with Gasteiger partial charge < -0.3 is 15.0 Å². The lowest BCUT2D eigenvalue weighted by Crippen LogP contribution is -2.38. The van der Waals surface area contributed by atoms with Crippen molar-refractivity contribution < 1.29 is 19.1 Å². The van der Waals surface area contributed by atoms with Gasteiger partial charge in [0, 0.05) is 19.8 Å². The molecule has 0 saturated heterocycles. The van der Waals surface area contributed by atoms with Gasteiger partial charge in [0.15, 0.2) is 0 Å². The number of ether oxygens (including phenoxy) is 1. The van der Waals surface area contributed by atoms with Crippen molar-refractivity contribution >= 4 is 23.5 Å². The van der Waals surface area contributed by atoms with E-state index < -0.39 is 5.97 Å². The van der Waals surface area contributed by atoms with Crippen molar-refractivity contribution in [1.29, 1.82) is 0 Å². The molecule has 0 aliphatic rings. The van der Waals surface area contributed by atoms with Crippen LogP contribution in [-0.2, 0) is 14.3 Å². The SMILES string of the molecule is COC(=O)c1ccc(C)c(NC(=O)CN(C)CC(=O)N(C)C)c1. The summed E-state index contributed by atoms with van der Waals surface area (Å²) in [5, 5.41) is 2.75. The quantitative estimate of drug-likeness (QED) is 0.782. The van der Waals surface area contributed by atoms with Crippen molar-refractivity contribution in [3.05, 3.63) is 29.3 Å². The standard InChI is InChI=1S/C16H23N3O4/c1-11-6-7-12(16(22)23-5)8-13(11)17-14(20)9-19(4)10-15(21)18(2)3/h6-8H,9-10H2,1-5H3,(H,17,20). The molecule has 1 aromatic carbocycles. The fourth-order valence-electron chi connectivity index (χ4n) is 1.86. The van der Waals surface area contributed by atoms with E-state index >= 15 is 0 Å². The van der Waals surface area contributed by atoms with Crippen molar-refractivity contribution in [2.24, 2.45) is 0 Å². The molecule has 0 aromatic heterocycles. The summed E-state index contributed by atoms with van der Waals surface area (Å²) in [6.45, 7) is 2.05. The molecule has 0 radical (unpaired) electrons. The number of rotatable bonds is 6. The van der Waals surface area contributed by atoms with Crippen LogP contribution in [0.25, 0.3) is 0 Å². The van der Waals surface area contributed by atoms with Gasteiger partial charge in [0.2, 0.25) is 11.8 Å². The molecule has 126 valence electrons. The van der Waals surface area contributed by atoms with Crippen LogP contribution < -0.4 is 5.32 Å². The van der Waals surface area contributed by atoms with E-state index in [1.807, 2.05) is 6.92 Å². The van der Waals surface area contributed by atoms with Gasteiger partial charge in [-0.1, -0.05) is 6.07 Å². The molecule has 0 spiro atoms. The van der Waals surface area contributed by atoms with E-state index in [4.69, 9.17) is 0 Å². The summed E-state index contributed by atoms with van der Waals surface area (Å²) >= 11 is 0. The Morgan fingerprint density at radius 3 is 2.35 bits per heavy atom. The summed E-state index contributed by atoms with van der Waals surface area (Å²) in [5.41, 5.74) is 1.74. The zero-order valence-corrected chi connectivity index (χ0v) is 14.2. The van der Waals surface area contributed by atoms with Crippen LogP contribution in [0.2, 0.25) is 0 Å². The molecule has 0 saturated carbocycles. The molecule has 0 heterocycles. The molecule has 2 amide bonds. The van der Waals surface area contributed by atoms with Gasteiger partial charge in [-0.2, -0.15) is 0 Å². The average molecular weight is 321 g/mol. The van der Waals surface area contributed by atoms with Crippen LogP contribution in [0.3, 0.4) is 0 Å². The summed E-state index contributed by atoms with van der Waals surface area (Å²) in [6, 6.07) is 4.95. The first-order valence-electron chi connectivity index (χ1n) is 7.12. The van der Waals surface area contributed by atoms with Crippen molar-refractivity contribution in [1.82, 2.24) is 9.80 Å². The van der Waals surface area contributed by atoms with Gasteiger partial charge >= 0.3 is 5.97 Å². The summed E-state index contributed by atoms with van der Waals surface area (Å²) in [5.74, 6) is -0.803. The van der Waals surface area contributed by atoms with E-state index in [9.17, 15) is 14.4 Å². The van der Waals surface area contributed by atoms with Crippen LogP contribution in [0.5, 0.6) is 0 Å². The number of carbonyl (C=O) groups is 3. The highest BCUT2D eigenvalue weighted by Gasteiger charge is 2.14. The van der Waals surface area contributed by atoms with Crippen molar-refractivity contribution in [2.75, 3.05) is 46.7 Å². The number of carbonyl (C=O) groups excluding carboxylic acids is 3. The van der Waals surface area contributed by atoms with Crippen LogP contribution in [0.4, 0.5) is 5.69 Å². The van der Waals surface area contributed by atoms with Gasteiger partial charge in [-0.3, -0.25) is 14.5 Å². The molecule has 1 aromatic rings. The molecule has 7 heteroatoms. The lowest BCUT2D eigenvalue weighted by molar-refractivity contribution is -0.130. The largest absolute Gasteiger partial charge is 0.465 e. The number of benzene rings is 1. The van der Waals surface area contributed by atoms with E-state index in [1.165, 1.54) is 12.0 Å². The zero-order chi connectivity index (χ0) is 17.6. The van der Waals surface area contributed by atoms with Gasteiger partial charge in [0.1, 0.15) is 0 Å². The van der Waals surface area contributed by atoms with E-state index in [2.05, 4.69) is 10.1 Å². The summed E-state index contributed by atoms with van der Waals surface area (Å²) in [7, 11) is 6.33. The number of amides is 2. The Bertz CT molecular complexity index is 599. The summed E-state index contributed by atoms with van der Waals surface area (Å²) < 4.78 is 4.66. The zero-order valence-electron chi connectivity index (χ0n) is 14.2. The number of methoxy groups -OCH3 is 1. The van der Waals surface area contributed by atoms with Crippen LogP contribution in [0.15, 0.2) is 18.2 Å². The van der Waals surface area contributed by atoms with Crippen molar-refractivity contribution in [3.63, 3.8) is 0 Å². The molecule has 1 rings (SSSR count). The fourth-order valence-corrected chi connectivity index (χ4v) is 1.86. The normalized spacial score (nSPS) is 10.3. The highest BCUT2D eigenvalue weighted by atomic mass is 16.5. The Balaban J connectivity index is 2.70. The highest BCUT2D eigenvalue weighted by molar-refractivity contribution is 5.96. The first-order valence-corrected chi connectivity index (χ1v) is 7.12. The van der Waals surface area contributed by atoms with E-state index in [1.54, 1.807) is 44.2 Å². The molecule has 0 unspecified atom stereocenters. The number of anilines is 1. The van der Waals surface area contributed by atoms with Crippen LogP contribution in [-0.4, -0.2) is 68.9 Å². The first kappa shape index (κ1) is 18.6. The number of likely N-dealkylation sites (N-methyl/N-ethyl adjacent to an activating group) is 2. The fraction of sp³-hybridized carbons (Fsp3) is 0.438. The number of hydrogen-bond acceptors (Lipinski definition) is 5. The third-order valence-corrected chi connectivity index (χ3v) is 3.25. The number of nitrogens with zero attached hydrogens (tertiary/aromatic N) is 2. The van der Waals surface area contributed by atoms with Gasteiger partial charge in [-0.05, 0) is 31.7 Å². The lowest BCUT2D eigenvalue weighted by atomic mass is 10.1. The molecule has 1 N–H and O–H groups in total. The predicted molar refractivity (Wildman–Crippen MR) is 87.3 cm³/mol. The molecule has 0 atom stereocenters. The van der Waals surface area contributed by atoms with Crippen LogP contribution >= 0.6 is 0 Å². The second kappa shape index (κ2) is 8.28. The van der Waals surface area contributed by atoms with Crippen molar-refractivity contribution in [2.45, 2.75) is 6.92 Å². The number of hydrogen-bond donors (Lipinski definition) is 1. The maximum Gasteiger partial charge on any atom is 0.337 e. The molecule has 7 nitrogen and oxygen atoms in total. The Morgan fingerprint density at radius 2 is 1.78 bits per heavy atom. The lowest BCUT2D eigenvalue weighted by Gasteiger charge is -2.19. The highest BCUT2D eigenvalue weighted by Crippen LogP contribution is 2.17. The Morgan fingerprint density at radius 1 is 1.13 bits per heavy atom. The summed E-state index contributed by atoms with van der Waals surface area (Å²) in [6.07, 6.45) is 0. The van der Waals surface area contributed by atoms with Gasteiger partial charge in [0.25, 0.3) is 0 Å². The third-order valence-electron chi connectivity index (χ3n) is 3.25. The third kappa shape index (κ3) is 5.71. The smallest absolute Gasteiger partial charge is 0.337 e. The molecule has 0 aliphatic heterocycles. The monoisotopic (exact) mass is 321 g/mol. The van der Waals surface area contributed by atoms with Crippen molar-refractivity contribution in [3.8, 4) is 0 Å². The van der Waals surface area contributed by atoms with E-state index in [-0.39, 0.29) is 24.9 Å². The first-order chi connectivity index (χ1) is 10.7. The second-order valence-corrected chi connectivity index (χ2v) is 5.53. The van der Waals surface area contributed by atoms with E-state index in [0.29, 0.717) is 11.3 Å². The maximum absolute atomic E-state index is 12.1. The topological polar surface area (TPSA) is 79.0 Å². The molecule has 0 bridgehead atoms. The molecule has 0 aliphatic carbocycles. The Labute approximate surface area is 136 Å². The molecular formula is C16H23N3O4. The van der Waals surface area contributed by atoms with Gasteiger partial charge in [-0.25, -0.2) is 4.79 Å². The van der Waals surface area contributed by atoms with Gasteiger partial charge in [0.05, 0.1) is 25.8 Å². The minimum atomic E-state index is -0.464. The van der Waals surface area contributed by atoms with Gasteiger partial charge in [-0.15, -0.1) is 0 Å². The van der Waals surface area contributed by atoms with Crippen LogP contribution in [0, 0.1) is 6.92 Å². The minimum Gasteiger partial charge on any atom is -0.465 e. The number of aryl methyl sites for hydroxylation is 1. The van der Waals surface area contributed by atoms with Crippen LogP contribution in [0.1, 0.15) is 15.9 Å².